The molecule has 0 atom stereocenters. The van der Waals surface area contributed by atoms with E-state index in [1.165, 1.54) is 0 Å². The summed E-state index contributed by atoms with van der Waals surface area (Å²) < 4.78 is 5.51. The summed E-state index contributed by atoms with van der Waals surface area (Å²) in [5, 5.41) is 2.83. The minimum Gasteiger partial charge on any atom is -0.494 e. The van der Waals surface area contributed by atoms with Gasteiger partial charge in [-0.15, -0.1) is 0 Å². The maximum absolute atomic E-state index is 11.4. The van der Waals surface area contributed by atoms with Crippen LogP contribution in [0.1, 0.15) is 13.3 Å². The van der Waals surface area contributed by atoms with Crippen molar-refractivity contribution in [1.82, 2.24) is 10.2 Å². The molecule has 1 rings (SSSR count). The molecule has 1 aromatic carbocycles. The van der Waals surface area contributed by atoms with Crippen LogP contribution in [-0.2, 0) is 0 Å². The first kappa shape index (κ1) is 13.4. The maximum Gasteiger partial charge on any atom is 0.317 e. The van der Waals surface area contributed by atoms with Crippen molar-refractivity contribution < 1.29 is 9.53 Å². The second kappa shape index (κ2) is 7.54. The number of rotatable bonds is 6. The normalized spacial score (nSPS) is 9.76. The van der Waals surface area contributed by atoms with Crippen LogP contribution < -0.4 is 10.1 Å². The van der Waals surface area contributed by atoms with Gasteiger partial charge in [-0.25, -0.2) is 4.79 Å². The van der Waals surface area contributed by atoms with Crippen LogP contribution in [0.5, 0.6) is 5.75 Å². The molecule has 0 aliphatic heterocycles. The molecule has 0 aliphatic carbocycles. The number of hydrogen-bond donors (Lipinski definition) is 1. The zero-order valence-corrected chi connectivity index (χ0v) is 10.5. The average molecular weight is 236 g/mol. The molecule has 0 unspecified atom stereocenters. The van der Waals surface area contributed by atoms with Gasteiger partial charge in [0.05, 0.1) is 6.61 Å². The smallest absolute Gasteiger partial charge is 0.317 e. The van der Waals surface area contributed by atoms with Gasteiger partial charge in [-0.05, 0) is 25.5 Å². The molecule has 0 aliphatic rings. The quantitative estimate of drug-likeness (QED) is 0.769. The van der Waals surface area contributed by atoms with Gasteiger partial charge in [0, 0.05) is 20.1 Å². The fraction of sp³-hybridized carbons (Fsp3) is 0.462. The van der Waals surface area contributed by atoms with Gasteiger partial charge < -0.3 is 15.0 Å². The van der Waals surface area contributed by atoms with Crippen LogP contribution in [0, 0.1) is 0 Å². The minimum atomic E-state index is -0.0350. The van der Waals surface area contributed by atoms with Crippen molar-refractivity contribution in [2.24, 2.45) is 0 Å². The standard InChI is InChI=1S/C13H20N2O2/c1-3-15(2)13(16)14-10-7-11-17-12-8-5-4-6-9-12/h4-6,8-9H,3,7,10-11H2,1-2H3,(H,14,16). The summed E-state index contributed by atoms with van der Waals surface area (Å²) in [5.74, 6) is 0.865. The number of carbonyl (C=O) groups is 1. The molecule has 17 heavy (non-hydrogen) atoms. The van der Waals surface area contributed by atoms with Crippen molar-refractivity contribution in [3.8, 4) is 5.75 Å². The summed E-state index contributed by atoms with van der Waals surface area (Å²) in [6, 6.07) is 9.63. The Kier molecular flexibility index (Phi) is 5.93. The van der Waals surface area contributed by atoms with E-state index in [-0.39, 0.29) is 6.03 Å². The van der Waals surface area contributed by atoms with E-state index in [1.807, 2.05) is 37.3 Å². The van der Waals surface area contributed by atoms with Gasteiger partial charge in [-0.3, -0.25) is 0 Å². The highest BCUT2D eigenvalue weighted by atomic mass is 16.5. The first-order valence-electron chi connectivity index (χ1n) is 5.91. The first-order valence-corrected chi connectivity index (χ1v) is 5.91. The fourth-order valence-corrected chi connectivity index (χ4v) is 1.25. The molecule has 0 bridgehead atoms. The second-order valence-electron chi connectivity index (χ2n) is 3.76. The number of hydrogen-bond acceptors (Lipinski definition) is 2. The summed E-state index contributed by atoms with van der Waals surface area (Å²) in [6.07, 6.45) is 0.804. The third-order valence-corrected chi connectivity index (χ3v) is 2.43. The van der Waals surface area contributed by atoms with Gasteiger partial charge in [-0.2, -0.15) is 0 Å². The van der Waals surface area contributed by atoms with E-state index in [0.717, 1.165) is 12.2 Å². The van der Waals surface area contributed by atoms with Crippen LogP contribution in [-0.4, -0.2) is 37.7 Å². The number of nitrogens with one attached hydrogen (secondary N) is 1. The molecule has 0 saturated carbocycles. The van der Waals surface area contributed by atoms with Gasteiger partial charge in [0.15, 0.2) is 0 Å². The molecule has 0 aromatic heterocycles. The third kappa shape index (κ3) is 5.24. The van der Waals surface area contributed by atoms with Crippen molar-refractivity contribution in [1.29, 1.82) is 0 Å². The van der Waals surface area contributed by atoms with Gasteiger partial charge in [0.2, 0.25) is 0 Å². The summed E-state index contributed by atoms with van der Waals surface area (Å²) in [7, 11) is 1.77. The molecule has 0 fully saturated rings. The number of ether oxygens (including phenoxy) is 1. The van der Waals surface area contributed by atoms with E-state index in [0.29, 0.717) is 19.7 Å². The Labute approximate surface area is 103 Å². The number of urea groups is 1. The molecule has 0 spiro atoms. The number of carbonyl (C=O) groups excluding carboxylic acids is 1. The van der Waals surface area contributed by atoms with Gasteiger partial charge in [-0.1, -0.05) is 18.2 Å². The summed E-state index contributed by atoms with van der Waals surface area (Å²) in [6.45, 7) is 3.90. The van der Waals surface area contributed by atoms with Crippen LogP contribution in [0.4, 0.5) is 4.79 Å². The van der Waals surface area contributed by atoms with Gasteiger partial charge in [0.25, 0.3) is 0 Å². The highest BCUT2D eigenvalue weighted by Gasteiger charge is 2.03. The fourth-order valence-electron chi connectivity index (χ4n) is 1.25. The number of benzene rings is 1. The van der Waals surface area contributed by atoms with E-state index in [9.17, 15) is 4.79 Å². The van der Waals surface area contributed by atoms with Crippen molar-refractivity contribution in [3.63, 3.8) is 0 Å². The monoisotopic (exact) mass is 236 g/mol. The predicted molar refractivity (Wildman–Crippen MR) is 68.3 cm³/mol. The van der Waals surface area contributed by atoms with Crippen molar-refractivity contribution >= 4 is 6.03 Å². The Morgan fingerprint density at radius 1 is 1.35 bits per heavy atom. The Balaban J connectivity index is 2.07. The van der Waals surface area contributed by atoms with Crippen molar-refractivity contribution in [2.75, 3.05) is 26.7 Å². The molecule has 1 aromatic rings. The minimum absolute atomic E-state index is 0.0350. The Hall–Kier alpha value is -1.71. The number of nitrogens with zero attached hydrogens (tertiary/aromatic N) is 1. The molecule has 94 valence electrons. The average Bonchev–Trinajstić information content (AvgIpc) is 2.38. The van der Waals surface area contributed by atoms with E-state index in [1.54, 1.807) is 11.9 Å². The van der Waals surface area contributed by atoms with Crippen molar-refractivity contribution in [2.45, 2.75) is 13.3 Å². The highest BCUT2D eigenvalue weighted by molar-refractivity contribution is 5.73. The zero-order valence-electron chi connectivity index (χ0n) is 10.5. The van der Waals surface area contributed by atoms with Gasteiger partial charge in [0.1, 0.15) is 5.75 Å². The van der Waals surface area contributed by atoms with E-state index >= 15 is 0 Å². The Morgan fingerprint density at radius 3 is 2.71 bits per heavy atom. The van der Waals surface area contributed by atoms with Crippen LogP contribution >= 0.6 is 0 Å². The maximum atomic E-state index is 11.4. The Bertz CT molecular complexity index is 327. The van der Waals surface area contributed by atoms with E-state index in [4.69, 9.17) is 4.74 Å². The zero-order chi connectivity index (χ0) is 12.5. The first-order chi connectivity index (χ1) is 8.24. The molecule has 4 heteroatoms. The topological polar surface area (TPSA) is 41.6 Å². The van der Waals surface area contributed by atoms with Crippen molar-refractivity contribution in [3.05, 3.63) is 30.3 Å². The molecule has 4 nitrogen and oxygen atoms in total. The summed E-state index contributed by atoms with van der Waals surface area (Å²) in [5.41, 5.74) is 0. The summed E-state index contributed by atoms with van der Waals surface area (Å²) in [4.78, 5) is 13.0. The predicted octanol–water partition coefficient (Wildman–Crippen LogP) is 2.12. The summed E-state index contributed by atoms with van der Waals surface area (Å²) >= 11 is 0. The van der Waals surface area contributed by atoms with Gasteiger partial charge >= 0.3 is 6.03 Å². The van der Waals surface area contributed by atoms with Crippen LogP contribution in [0.2, 0.25) is 0 Å². The molecule has 2 amide bonds. The lowest BCUT2D eigenvalue weighted by molar-refractivity contribution is 0.209. The molecule has 1 N–H and O–H groups in total. The van der Waals surface area contributed by atoms with Crippen LogP contribution in [0.15, 0.2) is 30.3 Å². The van der Waals surface area contributed by atoms with Crippen LogP contribution in [0.25, 0.3) is 0 Å². The Morgan fingerprint density at radius 2 is 2.06 bits per heavy atom. The lowest BCUT2D eigenvalue weighted by Gasteiger charge is -2.15. The SMILES string of the molecule is CCN(C)C(=O)NCCCOc1ccccc1. The number of amides is 2. The second-order valence-corrected chi connectivity index (χ2v) is 3.76. The van der Waals surface area contributed by atoms with E-state index in [2.05, 4.69) is 5.32 Å². The lowest BCUT2D eigenvalue weighted by Crippen LogP contribution is -2.37. The van der Waals surface area contributed by atoms with E-state index < -0.39 is 0 Å². The lowest BCUT2D eigenvalue weighted by atomic mass is 10.3. The van der Waals surface area contributed by atoms with Crippen LogP contribution in [0.3, 0.4) is 0 Å². The largest absolute Gasteiger partial charge is 0.494 e. The highest BCUT2D eigenvalue weighted by Crippen LogP contribution is 2.07. The molecular weight excluding hydrogens is 216 g/mol. The molecule has 0 radical (unpaired) electrons. The molecular formula is C13H20N2O2. The number of para-hydroxylation sites is 1. The molecule has 0 saturated heterocycles. The molecule has 0 heterocycles. The third-order valence-electron chi connectivity index (χ3n) is 2.43.